The number of hydrogen-bond donors (Lipinski definition) is 1. The number of esters is 1. The molecule has 1 aromatic rings. The zero-order chi connectivity index (χ0) is 15.8. The summed E-state index contributed by atoms with van der Waals surface area (Å²) in [5.74, 6) is -0.943. The fraction of sp³-hybridized carbons (Fsp3) is 0.429. The normalized spacial score (nSPS) is 11.6. The van der Waals surface area contributed by atoms with Crippen LogP contribution in [0.2, 0.25) is 0 Å². The van der Waals surface area contributed by atoms with Crippen LogP contribution in [0, 0.1) is 0 Å². The molecule has 1 rings (SSSR count). The number of carboxylic acids is 1. The lowest BCUT2D eigenvalue weighted by molar-refractivity contribution is -0.161. The molecule has 1 N–H and O–H groups in total. The zero-order valence-corrected chi connectivity index (χ0v) is 12.1. The maximum absolute atomic E-state index is 11.9. The SMILES string of the molecule is CCOC(=O)C(OCC(=O)O)c1ccc(OC)c(OC)c1. The van der Waals surface area contributed by atoms with Crippen LogP contribution in [-0.4, -0.2) is 44.5 Å². The maximum Gasteiger partial charge on any atom is 0.339 e. The molecule has 0 bridgehead atoms. The zero-order valence-electron chi connectivity index (χ0n) is 12.1. The Bertz CT molecular complexity index is 498. The lowest BCUT2D eigenvalue weighted by Crippen LogP contribution is -2.22. The number of rotatable bonds is 8. The Morgan fingerprint density at radius 2 is 1.86 bits per heavy atom. The van der Waals surface area contributed by atoms with Gasteiger partial charge in [0.2, 0.25) is 0 Å². The van der Waals surface area contributed by atoms with Crippen LogP contribution in [0.1, 0.15) is 18.6 Å². The third-order valence-electron chi connectivity index (χ3n) is 2.58. The van der Waals surface area contributed by atoms with E-state index >= 15 is 0 Å². The van der Waals surface area contributed by atoms with E-state index in [9.17, 15) is 9.59 Å². The molecular formula is C14H18O7. The van der Waals surface area contributed by atoms with Gasteiger partial charge in [-0.05, 0) is 24.6 Å². The quantitative estimate of drug-likeness (QED) is 0.725. The molecule has 1 unspecified atom stereocenters. The van der Waals surface area contributed by atoms with E-state index < -0.39 is 24.6 Å². The molecule has 0 fully saturated rings. The number of hydrogen-bond acceptors (Lipinski definition) is 6. The van der Waals surface area contributed by atoms with Gasteiger partial charge in [-0.1, -0.05) is 6.07 Å². The summed E-state index contributed by atoms with van der Waals surface area (Å²) in [4.78, 5) is 22.5. The van der Waals surface area contributed by atoms with Gasteiger partial charge in [0.05, 0.1) is 20.8 Å². The van der Waals surface area contributed by atoms with Crippen molar-refractivity contribution in [1.29, 1.82) is 0 Å². The first-order valence-electron chi connectivity index (χ1n) is 6.25. The first-order valence-corrected chi connectivity index (χ1v) is 6.25. The monoisotopic (exact) mass is 298 g/mol. The summed E-state index contributed by atoms with van der Waals surface area (Å²) in [7, 11) is 2.94. The average molecular weight is 298 g/mol. The standard InChI is InChI=1S/C14H18O7/c1-4-20-14(17)13(21-8-12(15)16)9-5-6-10(18-2)11(7-9)19-3/h5-7,13H,4,8H2,1-3H3,(H,15,16). The molecule has 116 valence electrons. The summed E-state index contributed by atoms with van der Waals surface area (Å²) in [5, 5.41) is 8.68. The Balaban J connectivity index is 3.06. The van der Waals surface area contributed by atoms with Crippen molar-refractivity contribution in [1.82, 2.24) is 0 Å². The van der Waals surface area contributed by atoms with Gasteiger partial charge >= 0.3 is 11.9 Å². The van der Waals surface area contributed by atoms with Gasteiger partial charge in [0.15, 0.2) is 17.6 Å². The highest BCUT2D eigenvalue weighted by Crippen LogP contribution is 2.31. The Kier molecular flexibility index (Phi) is 6.48. The number of ether oxygens (including phenoxy) is 4. The summed E-state index contributed by atoms with van der Waals surface area (Å²) in [6, 6.07) is 4.73. The van der Waals surface area contributed by atoms with Crippen LogP contribution < -0.4 is 9.47 Å². The van der Waals surface area contributed by atoms with Gasteiger partial charge in [0.25, 0.3) is 0 Å². The fourth-order valence-electron chi connectivity index (χ4n) is 1.69. The second kappa shape index (κ2) is 8.11. The van der Waals surface area contributed by atoms with Crippen LogP contribution in [0.15, 0.2) is 18.2 Å². The molecule has 7 nitrogen and oxygen atoms in total. The number of carboxylic acid groups (broad SMARTS) is 1. The van der Waals surface area contributed by atoms with Crippen molar-refractivity contribution in [3.8, 4) is 11.5 Å². The highest BCUT2D eigenvalue weighted by Gasteiger charge is 2.25. The van der Waals surface area contributed by atoms with Crippen molar-refractivity contribution >= 4 is 11.9 Å². The van der Waals surface area contributed by atoms with Crippen molar-refractivity contribution in [3.63, 3.8) is 0 Å². The third kappa shape index (κ3) is 4.64. The van der Waals surface area contributed by atoms with Crippen LogP contribution in [0.4, 0.5) is 0 Å². The van der Waals surface area contributed by atoms with Gasteiger partial charge in [-0.15, -0.1) is 0 Å². The van der Waals surface area contributed by atoms with Crippen LogP contribution in [0.5, 0.6) is 11.5 Å². The van der Waals surface area contributed by atoms with Crippen molar-refractivity contribution in [2.24, 2.45) is 0 Å². The predicted octanol–water partition coefficient (Wildman–Crippen LogP) is 1.41. The first-order chi connectivity index (χ1) is 10.0. The summed E-state index contributed by atoms with van der Waals surface area (Å²) in [6.07, 6.45) is -1.14. The van der Waals surface area contributed by atoms with E-state index in [0.29, 0.717) is 17.1 Å². The van der Waals surface area contributed by atoms with Crippen molar-refractivity contribution < 1.29 is 33.6 Å². The average Bonchev–Trinajstić information content (AvgIpc) is 2.47. The molecule has 0 spiro atoms. The molecule has 0 heterocycles. The minimum Gasteiger partial charge on any atom is -0.493 e. The number of carbonyl (C=O) groups excluding carboxylic acids is 1. The van der Waals surface area contributed by atoms with Gasteiger partial charge < -0.3 is 24.1 Å². The topological polar surface area (TPSA) is 91.3 Å². The Morgan fingerprint density at radius 3 is 2.38 bits per heavy atom. The molecule has 7 heteroatoms. The number of carbonyl (C=O) groups is 2. The van der Waals surface area contributed by atoms with E-state index in [0.717, 1.165) is 0 Å². The lowest BCUT2D eigenvalue weighted by Gasteiger charge is -2.17. The van der Waals surface area contributed by atoms with Gasteiger partial charge in [-0.3, -0.25) is 0 Å². The molecule has 0 aliphatic rings. The summed E-state index contributed by atoms with van der Waals surface area (Å²) in [6.45, 7) is 1.21. The fourth-order valence-corrected chi connectivity index (χ4v) is 1.69. The summed E-state index contributed by atoms with van der Waals surface area (Å²) in [5.41, 5.74) is 0.423. The largest absolute Gasteiger partial charge is 0.493 e. The lowest BCUT2D eigenvalue weighted by atomic mass is 10.1. The van der Waals surface area contributed by atoms with E-state index in [1.54, 1.807) is 25.1 Å². The summed E-state index contributed by atoms with van der Waals surface area (Å²) >= 11 is 0. The van der Waals surface area contributed by atoms with Crippen LogP contribution in [-0.2, 0) is 19.1 Å². The van der Waals surface area contributed by atoms with Crippen LogP contribution >= 0.6 is 0 Å². The van der Waals surface area contributed by atoms with Crippen molar-refractivity contribution in [2.45, 2.75) is 13.0 Å². The Hall–Kier alpha value is -2.28. The highest BCUT2D eigenvalue weighted by atomic mass is 16.6. The smallest absolute Gasteiger partial charge is 0.339 e. The minimum absolute atomic E-state index is 0.166. The molecule has 0 aliphatic heterocycles. The molecule has 1 aromatic carbocycles. The molecular weight excluding hydrogens is 280 g/mol. The minimum atomic E-state index is -1.18. The van der Waals surface area contributed by atoms with Crippen LogP contribution in [0.25, 0.3) is 0 Å². The molecule has 0 saturated heterocycles. The van der Waals surface area contributed by atoms with Gasteiger partial charge in [0, 0.05) is 0 Å². The second-order valence-corrected chi connectivity index (χ2v) is 3.95. The molecule has 0 amide bonds. The number of aliphatic carboxylic acids is 1. The molecule has 0 aliphatic carbocycles. The van der Waals surface area contributed by atoms with Gasteiger partial charge in [0.1, 0.15) is 6.61 Å². The highest BCUT2D eigenvalue weighted by molar-refractivity contribution is 5.77. The van der Waals surface area contributed by atoms with Crippen molar-refractivity contribution in [3.05, 3.63) is 23.8 Å². The molecule has 21 heavy (non-hydrogen) atoms. The third-order valence-corrected chi connectivity index (χ3v) is 2.58. The molecule has 0 saturated carbocycles. The van der Waals surface area contributed by atoms with E-state index in [4.69, 9.17) is 24.1 Å². The number of benzene rings is 1. The maximum atomic E-state index is 11.9. The second-order valence-electron chi connectivity index (χ2n) is 3.95. The first kappa shape index (κ1) is 16.8. The van der Waals surface area contributed by atoms with Gasteiger partial charge in [-0.25, -0.2) is 9.59 Å². The van der Waals surface area contributed by atoms with Crippen LogP contribution in [0.3, 0.4) is 0 Å². The van der Waals surface area contributed by atoms with Crippen molar-refractivity contribution in [2.75, 3.05) is 27.4 Å². The van der Waals surface area contributed by atoms with E-state index in [2.05, 4.69) is 0 Å². The van der Waals surface area contributed by atoms with Gasteiger partial charge in [-0.2, -0.15) is 0 Å². The molecule has 0 radical (unpaired) electrons. The van der Waals surface area contributed by atoms with E-state index in [1.165, 1.54) is 14.2 Å². The molecule has 0 aromatic heterocycles. The Morgan fingerprint density at radius 1 is 1.19 bits per heavy atom. The predicted molar refractivity (Wildman–Crippen MR) is 72.5 cm³/mol. The van der Waals surface area contributed by atoms with E-state index in [-0.39, 0.29) is 6.61 Å². The molecule has 1 atom stereocenters. The summed E-state index contributed by atoms with van der Waals surface area (Å²) < 4.78 is 20.2. The number of methoxy groups -OCH3 is 2. The Labute approximate surface area is 122 Å². The van der Waals surface area contributed by atoms with E-state index in [1.807, 2.05) is 0 Å².